The summed E-state index contributed by atoms with van der Waals surface area (Å²) in [6.07, 6.45) is 2.56. The molecule has 0 N–H and O–H groups in total. The second-order valence-corrected chi connectivity index (χ2v) is 5.26. The predicted octanol–water partition coefficient (Wildman–Crippen LogP) is 2.68. The van der Waals surface area contributed by atoms with Crippen LogP contribution in [-0.4, -0.2) is 35.7 Å². The molecule has 0 radical (unpaired) electrons. The maximum atomic E-state index is 5.85. The van der Waals surface area contributed by atoms with Crippen LogP contribution in [0, 0.1) is 0 Å². The van der Waals surface area contributed by atoms with Crippen molar-refractivity contribution in [2.75, 3.05) is 19.7 Å². The van der Waals surface area contributed by atoms with Gasteiger partial charge in [0.1, 0.15) is 0 Å². The molecule has 2 nitrogen and oxygen atoms in total. The van der Waals surface area contributed by atoms with Gasteiger partial charge in [-0.15, -0.1) is 0 Å². The average Bonchev–Trinajstić information content (AvgIpc) is 2.08. The Labute approximate surface area is 88.6 Å². The Morgan fingerprint density at radius 1 is 1.21 bits per heavy atom. The summed E-state index contributed by atoms with van der Waals surface area (Å²) in [5.74, 6) is 0. The third-order valence-electron chi connectivity index (χ3n) is 3.87. The van der Waals surface area contributed by atoms with Gasteiger partial charge in [-0.25, -0.2) is 0 Å². The number of hydrogen-bond acceptors (Lipinski definition) is 2. The summed E-state index contributed by atoms with van der Waals surface area (Å²) in [5.41, 5.74) is 0.124. The van der Waals surface area contributed by atoms with E-state index in [1.54, 1.807) is 0 Å². The van der Waals surface area contributed by atoms with E-state index in [1.807, 2.05) is 0 Å². The Hall–Kier alpha value is -0.0800. The molecule has 0 bridgehead atoms. The third-order valence-corrected chi connectivity index (χ3v) is 3.87. The fourth-order valence-electron chi connectivity index (χ4n) is 1.99. The molecule has 0 aliphatic carbocycles. The summed E-state index contributed by atoms with van der Waals surface area (Å²) in [4.78, 5) is 2.57. The molecule has 0 aromatic carbocycles. The molecule has 84 valence electrons. The zero-order valence-corrected chi connectivity index (χ0v) is 10.4. The summed E-state index contributed by atoms with van der Waals surface area (Å²) in [6.45, 7) is 14.4. The normalized spacial score (nSPS) is 26.4. The number of ether oxygens (including phenoxy) is 1. The van der Waals surface area contributed by atoms with Gasteiger partial charge < -0.3 is 4.74 Å². The van der Waals surface area contributed by atoms with E-state index in [4.69, 9.17) is 4.74 Å². The molecule has 1 fully saturated rings. The van der Waals surface area contributed by atoms with Crippen molar-refractivity contribution in [1.82, 2.24) is 4.90 Å². The number of unbranched alkanes of at least 4 members (excludes halogenated alkanes) is 1. The van der Waals surface area contributed by atoms with E-state index in [0.717, 1.165) is 13.2 Å². The van der Waals surface area contributed by atoms with Gasteiger partial charge in [-0.2, -0.15) is 0 Å². The van der Waals surface area contributed by atoms with Gasteiger partial charge in [0.15, 0.2) is 0 Å². The molecule has 0 atom stereocenters. The van der Waals surface area contributed by atoms with Crippen molar-refractivity contribution in [2.45, 2.75) is 58.6 Å². The zero-order valence-electron chi connectivity index (χ0n) is 10.4. The van der Waals surface area contributed by atoms with Crippen molar-refractivity contribution < 1.29 is 4.74 Å². The Balaban J connectivity index is 2.66. The Morgan fingerprint density at radius 3 is 2.43 bits per heavy atom. The first kappa shape index (κ1) is 12.0. The molecule has 1 rings (SSSR count). The summed E-state index contributed by atoms with van der Waals surface area (Å²) in [5, 5.41) is 0. The lowest BCUT2D eigenvalue weighted by atomic mass is 9.82. The maximum absolute atomic E-state index is 5.85. The molecule has 0 spiro atoms. The molecule has 2 heteroatoms. The molecule has 0 unspecified atom stereocenters. The summed E-state index contributed by atoms with van der Waals surface area (Å²) >= 11 is 0. The quantitative estimate of drug-likeness (QED) is 0.693. The number of hydrogen-bond donors (Lipinski definition) is 0. The number of morpholine rings is 1. The van der Waals surface area contributed by atoms with Crippen LogP contribution in [0.15, 0.2) is 0 Å². The highest BCUT2D eigenvalue weighted by atomic mass is 16.5. The number of nitrogens with zero attached hydrogens (tertiary/aromatic N) is 1. The molecule has 0 amide bonds. The van der Waals surface area contributed by atoms with Crippen LogP contribution in [-0.2, 0) is 4.74 Å². The molecule has 1 aliphatic heterocycles. The summed E-state index contributed by atoms with van der Waals surface area (Å²) in [7, 11) is 0. The minimum Gasteiger partial charge on any atom is -0.372 e. The van der Waals surface area contributed by atoms with Crippen molar-refractivity contribution >= 4 is 0 Å². The average molecular weight is 199 g/mol. The van der Waals surface area contributed by atoms with E-state index in [2.05, 4.69) is 39.5 Å². The minimum atomic E-state index is -0.0288. The summed E-state index contributed by atoms with van der Waals surface area (Å²) < 4.78 is 5.85. The van der Waals surface area contributed by atoms with Crippen LogP contribution in [0.3, 0.4) is 0 Å². The van der Waals surface area contributed by atoms with Gasteiger partial charge in [0, 0.05) is 12.1 Å². The monoisotopic (exact) mass is 199 g/mol. The molecular weight excluding hydrogens is 174 g/mol. The van der Waals surface area contributed by atoms with Crippen molar-refractivity contribution in [1.29, 1.82) is 0 Å². The number of rotatable bonds is 3. The largest absolute Gasteiger partial charge is 0.372 e. The van der Waals surface area contributed by atoms with E-state index in [1.165, 1.54) is 19.4 Å². The van der Waals surface area contributed by atoms with Gasteiger partial charge >= 0.3 is 0 Å². The SMILES string of the molecule is CCCCN1CCOC(C)(C)C1(C)C. The van der Waals surface area contributed by atoms with Crippen molar-refractivity contribution in [3.63, 3.8) is 0 Å². The molecular formula is C12H25NO. The summed E-state index contributed by atoms with van der Waals surface area (Å²) in [6, 6.07) is 0. The lowest BCUT2D eigenvalue weighted by molar-refractivity contribution is -0.166. The molecule has 1 heterocycles. The Bertz CT molecular complexity index is 187. The third kappa shape index (κ3) is 2.12. The first-order chi connectivity index (χ1) is 6.42. The second kappa shape index (κ2) is 4.19. The zero-order chi connectivity index (χ0) is 10.8. The van der Waals surface area contributed by atoms with Gasteiger partial charge in [0.05, 0.1) is 12.2 Å². The molecule has 1 aliphatic rings. The highest BCUT2D eigenvalue weighted by molar-refractivity contribution is 4.99. The predicted molar refractivity (Wildman–Crippen MR) is 60.6 cm³/mol. The maximum Gasteiger partial charge on any atom is 0.0804 e. The first-order valence-corrected chi connectivity index (χ1v) is 5.81. The van der Waals surface area contributed by atoms with Gasteiger partial charge in [-0.3, -0.25) is 4.90 Å². The van der Waals surface area contributed by atoms with Crippen molar-refractivity contribution in [2.24, 2.45) is 0 Å². The topological polar surface area (TPSA) is 12.5 Å². The van der Waals surface area contributed by atoms with E-state index in [0.29, 0.717) is 0 Å². The fraction of sp³-hybridized carbons (Fsp3) is 1.00. The van der Waals surface area contributed by atoms with Crippen LogP contribution < -0.4 is 0 Å². The molecule has 0 saturated carbocycles. The highest BCUT2D eigenvalue weighted by Crippen LogP contribution is 2.34. The van der Waals surface area contributed by atoms with Crippen LogP contribution in [0.5, 0.6) is 0 Å². The van der Waals surface area contributed by atoms with Gasteiger partial charge in [0.2, 0.25) is 0 Å². The minimum absolute atomic E-state index is 0.0288. The van der Waals surface area contributed by atoms with Gasteiger partial charge in [-0.05, 0) is 40.7 Å². The van der Waals surface area contributed by atoms with Crippen molar-refractivity contribution in [3.8, 4) is 0 Å². The van der Waals surface area contributed by atoms with Crippen LogP contribution in [0.2, 0.25) is 0 Å². The van der Waals surface area contributed by atoms with Crippen LogP contribution in [0.25, 0.3) is 0 Å². The van der Waals surface area contributed by atoms with Crippen LogP contribution >= 0.6 is 0 Å². The first-order valence-electron chi connectivity index (χ1n) is 5.81. The smallest absolute Gasteiger partial charge is 0.0804 e. The Kier molecular flexibility index (Phi) is 3.59. The molecule has 1 saturated heterocycles. The van der Waals surface area contributed by atoms with Crippen LogP contribution in [0.1, 0.15) is 47.5 Å². The van der Waals surface area contributed by atoms with Crippen LogP contribution in [0.4, 0.5) is 0 Å². The molecule has 0 aromatic rings. The lowest BCUT2D eigenvalue weighted by Crippen LogP contribution is -2.63. The van der Waals surface area contributed by atoms with E-state index < -0.39 is 0 Å². The van der Waals surface area contributed by atoms with Gasteiger partial charge in [0.25, 0.3) is 0 Å². The Morgan fingerprint density at radius 2 is 1.86 bits per heavy atom. The highest BCUT2D eigenvalue weighted by Gasteiger charge is 2.45. The second-order valence-electron chi connectivity index (χ2n) is 5.26. The van der Waals surface area contributed by atoms with E-state index >= 15 is 0 Å². The molecule has 14 heavy (non-hydrogen) atoms. The lowest BCUT2D eigenvalue weighted by Gasteiger charge is -2.53. The van der Waals surface area contributed by atoms with E-state index in [-0.39, 0.29) is 11.1 Å². The van der Waals surface area contributed by atoms with Gasteiger partial charge in [-0.1, -0.05) is 13.3 Å². The molecule has 0 aromatic heterocycles. The standard InChI is InChI=1S/C12H25NO/c1-6-7-8-13-9-10-14-12(4,5)11(13,2)3/h6-10H2,1-5H3. The fourth-order valence-corrected chi connectivity index (χ4v) is 1.99. The van der Waals surface area contributed by atoms with E-state index in [9.17, 15) is 0 Å². The van der Waals surface area contributed by atoms with Crippen molar-refractivity contribution in [3.05, 3.63) is 0 Å².